The van der Waals surface area contributed by atoms with Crippen LogP contribution in [-0.4, -0.2) is 96.0 Å². The normalized spacial score (nSPS) is 28.0. The Labute approximate surface area is 269 Å². The third-order valence-corrected chi connectivity index (χ3v) is 10.1. The second kappa shape index (κ2) is 12.4. The molecule has 3 aliphatic rings. The average Bonchev–Trinajstić information content (AvgIpc) is 3.72. The number of ether oxygens (including phenoxy) is 1. The van der Waals surface area contributed by atoms with Crippen molar-refractivity contribution in [2.24, 2.45) is 17.8 Å². The van der Waals surface area contributed by atoms with Crippen molar-refractivity contribution in [3.05, 3.63) is 85.5 Å². The predicted molar refractivity (Wildman–Crippen MR) is 172 cm³/mol. The van der Waals surface area contributed by atoms with Gasteiger partial charge in [-0.15, -0.1) is 18.3 Å². The second-order valence-corrected chi connectivity index (χ2v) is 12.9. The number of benzene rings is 2. The number of carbonyl (C=O) groups is 3. The summed E-state index contributed by atoms with van der Waals surface area (Å²) in [6, 6.07) is 16.2. The van der Waals surface area contributed by atoms with Gasteiger partial charge in [-0.3, -0.25) is 14.4 Å². The van der Waals surface area contributed by atoms with Crippen molar-refractivity contribution >= 4 is 28.8 Å². The van der Waals surface area contributed by atoms with Gasteiger partial charge in [0, 0.05) is 32.8 Å². The number of hydrogen-bond donors (Lipinski definition) is 1. The van der Waals surface area contributed by atoms with Gasteiger partial charge >= 0.3 is 0 Å². The summed E-state index contributed by atoms with van der Waals surface area (Å²) >= 11 is 0. The number of rotatable bonds is 13. The van der Waals surface area contributed by atoms with Crippen LogP contribution >= 0.6 is 0 Å². The van der Waals surface area contributed by atoms with E-state index in [-0.39, 0.29) is 56.4 Å². The maximum atomic E-state index is 14.8. The zero-order chi connectivity index (χ0) is 32.6. The highest BCUT2D eigenvalue weighted by molar-refractivity contribution is 5.99. The lowest BCUT2D eigenvalue weighted by atomic mass is 9.62. The standard InChI is InChI=1S/C35H42N6O5/c1-5-17-38(22-25-13-8-7-9-14-25)31(43)28-29-32(44)40(19-12-20-42)30(35(29)21-24(3)34(28,4)46-35)33(45)39(18-6-2)23-41-27-16-11-10-15-26(27)36-37-41/h5-11,13-16,24,28-30,42H,1-2,12,17-23H2,3-4H3/t24?,28-,29-,30?,34+,35?/m0/s1. The average molecular weight is 627 g/mol. The summed E-state index contributed by atoms with van der Waals surface area (Å²) < 4.78 is 8.59. The van der Waals surface area contributed by atoms with Crippen LogP contribution in [0.2, 0.25) is 0 Å². The molecule has 2 aromatic carbocycles. The van der Waals surface area contributed by atoms with Crippen LogP contribution in [0.4, 0.5) is 0 Å². The number of carbonyl (C=O) groups excluding carboxylic acids is 3. The molecular formula is C35H42N6O5. The second-order valence-electron chi connectivity index (χ2n) is 12.9. The van der Waals surface area contributed by atoms with Gasteiger partial charge in [-0.05, 0) is 43.4 Å². The molecule has 11 nitrogen and oxygen atoms in total. The van der Waals surface area contributed by atoms with E-state index in [0.717, 1.165) is 11.1 Å². The molecule has 1 spiro atoms. The van der Waals surface area contributed by atoms with Gasteiger partial charge in [-0.25, -0.2) is 4.68 Å². The summed E-state index contributed by atoms with van der Waals surface area (Å²) in [6.45, 7) is 12.7. The van der Waals surface area contributed by atoms with Crippen molar-refractivity contribution in [1.82, 2.24) is 29.7 Å². The highest BCUT2D eigenvalue weighted by atomic mass is 16.5. The third kappa shape index (κ3) is 5.02. The Morgan fingerprint density at radius 2 is 1.76 bits per heavy atom. The van der Waals surface area contributed by atoms with Crippen LogP contribution in [0.25, 0.3) is 11.0 Å². The van der Waals surface area contributed by atoms with Crippen molar-refractivity contribution in [3.8, 4) is 0 Å². The molecule has 2 bridgehead atoms. The number of fused-ring (bicyclic) bond motifs is 2. The predicted octanol–water partition coefficient (Wildman–Crippen LogP) is 3.01. The third-order valence-electron chi connectivity index (χ3n) is 10.1. The smallest absolute Gasteiger partial charge is 0.250 e. The summed E-state index contributed by atoms with van der Waals surface area (Å²) in [5.74, 6) is -2.55. The van der Waals surface area contributed by atoms with E-state index in [1.54, 1.807) is 31.5 Å². The fourth-order valence-corrected chi connectivity index (χ4v) is 7.99. The lowest BCUT2D eigenvalue weighted by Gasteiger charge is -2.39. The number of aromatic nitrogens is 3. The molecule has 3 saturated heterocycles. The van der Waals surface area contributed by atoms with Crippen LogP contribution in [0.1, 0.15) is 32.3 Å². The molecule has 3 fully saturated rings. The number of aliphatic hydroxyl groups is 1. The lowest BCUT2D eigenvalue weighted by molar-refractivity contribution is -0.155. The fraction of sp³-hybridized carbons (Fsp3) is 0.457. The summed E-state index contributed by atoms with van der Waals surface area (Å²) in [4.78, 5) is 48.8. The summed E-state index contributed by atoms with van der Waals surface area (Å²) in [5.41, 5.74) is 0.263. The minimum atomic E-state index is -1.21. The molecule has 4 heterocycles. The quantitative estimate of drug-likeness (QED) is 0.290. The zero-order valence-corrected chi connectivity index (χ0v) is 26.5. The van der Waals surface area contributed by atoms with E-state index < -0.39 is 29.1 Å². The SMILES string of the molecule is C=CCN(Cn1nnc2ccccc21)C(=O)C1N(CCCO)C(=O)[C@@H]2[C@@H](C(=O)N(CC=C)Cc3ccccc3)[C@]3(C)OC12CC3C. The minimum absolute atomic E-state index is 0.0873. The largest absolute Gasteiger partial charge is 0.396 e. The van der Waals surface area contributed by atoms with E-state index in [2.05, 4.69) is 23.5 Å². The van der Waals surface area contributed by atoms with Crippen molar-refractivity contribution in [3.63, 3.8) is 0 Å². The van der Waals surface area contributed by atoms with Crippen molar-refractivity contribution in [2.75, 3.05) is 26.2 Å². The molecule has 6 rings (SSSR count). The topological polar surface area (TPSA) is 121 Å². The number of hydrogen-bond acceptors (Lipinski definition) is 7. The van der Waals surface area contributed by atoms with Gasteiger partial charge in [0.1, 0.15) is 23.8 Å². The van der Waals surface area contributed by atoms with Gasteiger partial charge in [0.25, 0.3) is 0 Å². The first-order valence-corrected chi connectivity index (χ1v) is 15.9. The lowest BCUT2D eigenvalue weighted by Crippen LogP contribution is -2.57. The highest BCUT2D eigenvalue weighted by Crippen LogP contribution is 2.65. The number of amides is 3. The monoisotopic (exact) mass is 626 g/mol. The number of nitrogens with zero attached hydrogens (tertiary/aromatic N) is 6. The van der Waals surface area contributed by atoms with E-state index >= 15 is 0 Å². The van der Waals surface area contributed by atoms with E-state index in [1.807, 2.05) is 68.4 Å². The van der Waals surface area contributed by atoms with Crippen molar-refractivity contribution in [1.29, 1.82) is 0 Å². The molecule has 1 aromatic heterocycles. The molecule has 1 N–H and O–H groups in total. The molecule has 3 amide bonds. The first-order chi connectivity index (χ1) is 22.2. The Bertz CT molecular complexity index is 1640. The minimum Gasteiger partial charge on any atom is -0.396 e. The van der Waals surface area contributed by atoms with Gasteiger partial charge in [0.05, 0.1) is 23.0 Å². The summed E-state index contributed by atoms with van der Waals surface area (Å²) in [5, 5.41) is 18.3. The first-order valence-electron chi connectivity index (χ1n) is 15.9. The van der Waals surface area contributed by atoms with Crippen molar-refractivity contribution in [2.45, 2.75) is 57.1 Å². The van der Waals surface area contributed by atoms with Crippen LogP contribution in [0.3, 0.4) is 0 Å². The fourth-order valence-electron chi connectivity index (χ4n) is 7.99. The van der Waals surface area contributed by atoms with E-state index in [9.17, 15) is 19.5 Å². The van der Waals surface area contributed by atoms with Gasteiger partial charge in [-0.1, -0.05) is 66.8 Å². The molecule has 11 heteroatoms. The molecule has 3 unspecified atom stereocenters. The van der Waals surface area contributed by atoms with Crippen LogP contribution in [0.5, 0.6) is 0 Å². The van der Waals surface area contributed by atoms with E-state index in [4.69, 9.17) is 4.74 Å². The molecule has 3 aliphatic heterocycles. The number of aliphatic hydroxyl groups excluding tert-OH is 1. The first kappa shape index (κ1) is 31.6. The maximum absolute atomic E-state index is 14.8. The molecule has 0 saturated carbocycles. The molecule has 0 aliphatic carbocycles. The van der Waals surface area contributed by atoms with Crippen LogP contribution in [-0.2, 0) is 32.3 Å². The molecule has 242 valence electrons. The molecular weight excluding hydrogens is 584 g/mol. The van der Waals surface area contributed by atoms with Crippen LogP contribution in [0, 0.1) is 17.8 Å². The van der Waals surface area contributed by atoms with Gasteiger partial charge in [0.2, 0.25) is 17.7 Å². The zero-order valence-electron chi connectivity index (χ0n) is 26.5. The Kier molecular flexibility index (Phi) is 8.56. The van der Waals surface area contributed by atoms with Gasteiger partial charge in [0.15, 0.2) is 0 Å². The molecule has 6 atom stereocenters. The molecule has 3 aromatic rings. The Balaban J connectivity index is 1.39. The van der Waals surface area contributed by atoms with E-state index in [0.29, 0.717) is 25.0 Å². The Morgan fingerprint density at radius 1 is 1.07 bits per heavy atom. The summed E-state index contributed by atoms with van der Waals surface area (Å²) in [6.07, 6.45) is 4.06. The number of likely N-dealkylation sites (tertiary alicyclic amines) is 1. The maximum Gasteiger partial charge on any atom is 0.250 e. The highest BCUT2D eigenvalue weighted by Gasteiger charge is 2.80. The molecule has 0 radical (unpaired) electrons. The van der Waals surface area contributed by atoms with E-state index in [1.165, 1.54) is 0 Å². The van der Waals surface area contributed by atoms with Crippen LogP contribution in [0.15, 0.2) is 79.9 Å². The Morgan fingerprint density at radius 3 is 2.48 bits per heavy atom. The summed E-state index contributed by atoms with van der Waals surface area (Å²) in [7, 11) is 0. The van der Waals surface area contributed by atoms with Gasteiger partial charge < -0.3 is 24.5 Å². The van der Waals surface area contributed by atoms with Gasteiger partial charge in [-0.2, -0.15) is 0 Å². The number of para-hydroxylation sites is 1. The Hall–Kier alpha value is -4.35. The van der Waals surface area contributed by atoms with Crippen molar-refractivity contribution < 1.29 is 24.2 Å². The van der Waals surface area contributed by atoms with Crippen LogP contribution < -0.4 is 0 Å². The molecule has 46 heavy (non-hydrogen) atoms.